The predicted molar refractivity (Wildman–Crippen MR) is 227 cm³/mol. The van der Waals surface area contributed by atoms with Gasteiger partial charge in [0.25, 0.3) is 0 Å². The molecule has 0 bridgehead atoms. The van der Waals surface area contributed by atoms with Crippen LogP contribution in [-0.4, -0.2) is 19.5 Å². The van der Waals surface area contributed by atoms with E-state index in [9.17, 15) is 1.37 Å². The Balaban J connectivity index is 1.22. The van der Waals surface area contributed by atoms with Gasteiger partial charge in [-0.25, -0.2) is 15.0 Å². The molecule has 0 saturated heterocycles. The number of hydrogen-bond donors (Lipinski definition) is 0. The number of benzene rings is 8. The molecule has 0 spiro atoms. The van der Waals surface area contributed by atoms with E-state index in [4.69, 9.17) is 25.9 Å². The summed E-state index contributed by atoms with van der Waals surface area (Å²) in [5.74, 6) is 1.25. The fourth-order valence-corrected chi connectivity index (χ4v) is 7.11. The monoisotopic (exact) mass is 711 g/mol. The van der Waals surface area contributed by atoms with Gasteiger partial charge in [0.05, 0.1) is 23.4 Å². The predicted octanol–water partition coefficient (Wildman–Crippen LogP) is 13.0. The number of nitrogens with zero attached hydrogens (tertiary/aromatic N) is 4. The SMILES string of the molecule is [2H]c1c([2H])c([2H])c(-c2cccc3c2c2c([2H])c([2H])c([2H])c([2H])c2n3-c2cccc(-c3nc(-c4ccccc4)nc(-c4cc(-c5ccccc5)cc(-c5ccccc5)c4)n3)c2)c([2H])c1[2H]. The third-order valence-electron chi connectivity index (χ3n) is 9.63. The van der Waals surface area contributed by atoms with Crippen LogP contribution < -0.4 is 0 Å². The molecule has 0 atom stereocenters. The lowest BCUT2D eigenvalue weighted by Crippen LogP contribution is -2.01. The molecule has 0 aliphatic rings. The summed E-state index contributed by atoms with van der Waals surface area (Å²) in [6, 6.07) is 44.7. The van der Waals surface area contributed by atoms with Gasteiger partial charge >= 0.3 is 0 Å². The highest BCUT2D eigenvalue weighted by Crippen LogP contribution is 2.39. The molecule has 10 aromatic rings. The smallest absolute Gasteiger partial charge is 0.164 e. The molecule has 0 unspecified atom stereocenters. The first-order valence-electron chi connectivity index (χ1n) is 22.3. The van der Waals surface area contributed by atoms with Crippen molar-refractivity contribution >= 4 is 21.8 Å². The van der Waals surface area contributed by atoms with E-state index in [1.807, 2.05) is 91.0 Å². The van der Waals surface area contributed by atoms with Crippen molar-refractivity contribution in [2.45, 2.75) is 0 Å². The maximum Gasteiger partial charge on any atom is 0.164 e. The molecule has 0 N–H and O–H groups in total. The van der Waals surface area contributed by atoms with Crippen LogP contribution in [0, 0.1) is 0 Å². The Morgan fingerprint density at radius 3 is 1.56 bits per heavy atom. The van der Waals surface area contributed by atoms with Crippen LogP contribution in [0.25, 0.3) is 95.0 Å². The van der Waals surface area contributed by atoms with Crippen molar-refractivity contribution in [3.63, 3.8) is 0 Å². The average Bonchev–Trinajstić information content (AvgIpc) is 3.71. The third kappa shape index (κ3) is 6.06. The van der Waals surface area contributed by atoms with Crippen LogP contribution in [0.2, 0.25) is 0 Å². The highest BCUT2D eigenvalue weighted by atomic mass is 15.0. The Morgan fingerprint density at radius 1 is 0.364 bits per heavy atom. The highest BCUT2D eigenvalue weighted by Gasteiger charge is 2.18. The zero-order valence-electron chi connectivity index (χ0n) is 38.2. The zero-order valence-corrected chi connectivity index (χ0v) is 29.2. The summed E-state index contributed by atoms with van der Waals surface area (Å²) in [5.41, 5.74) is 7.47. The molecule has 0 amide bonds. The number of hydrogen-bond acceptors (Lipinski definition) is 3. The van der Waals surface area contributed by atoms with Crippen molar-refractivity contribution in [1.29, 1.82) is 0 Å². The molecule has 0 aliphatic heterocycles. The highest BCUT2D eigenvalue weighted by molar-refractivity contribution is 6.15. The Labute approximate surface area is 332 Å². The van der Waals surface area contributed by atoms with Crippen LogP contribution in [-0.2, 0) is 0 Å². The fraction of sp³-hybridized carbons (Fsp3) is 0. The largest absolute Gasteiger partial charge is 0.309 e. The number of fused-ring (bicyclic) bond motifs is 3. The molecule has 0 radical (unpaired) electrons. The minimum atomic E-state index is -0.537. The van der Waals surface area contributed by atoms with Crippen LogP contribution in [0.3, 0.4) is 0 Å². The van der Waals surface area contributed by atoms with E-state index in [0.717, 1.165) is 33.4 Å². The molecule has 10 rings (SSSR count). The number of aromatic nitrogens is 4. The van der Waals surface area contributed by atoms with Gasteiger partial charge in [-0.1, -0.05) is 164 Å². The van der Waals surface area contributed by atoms with Crippen molar-refractivity contribution in [2.75, 3.05) is 0 Å². The lowest BCUT2D eigenvalue weighted by molar-refractivity contribution is 1.07. The van der Waals surface area contributed by atoms with Crippen molar-refractivity contribution in [3.05, 3.63) is 206 Å². The number of para-hydroxylation sites is 1. The third-order valence-corrected chi connectivity index (χ3v) is 9.63. The molecule has 2 aromatic heterocycles. The average molecular weight is 712 g/mol. The second-order valence-electron chi connectivity index (χ2n) is 13.0. The van der Waals surface area contributed by atoms with E-state index < -0.39 is 42.3 Å². The summed E-state index contributed by atoms with van der Waals surface area (Å²) < 4.78 is 80.3. The van der Waals surface area contributed by atoms with Gasteiger partial charge in [-0.2, -0.15) is 0 Å². The van der Waals surface area contributed by atoms with E-state index in [-0.39, 0.29) is 34.1 Å². The minimum Gasteiger partial charge on any atom is -0.309 e. The quantitative estimate of drug-likeness (QED) is 0.165. The first-order chi connectivity index (χ1) is 31.0. The second kappa shape index (κ2) is 13.8. The maximum absolute atomic E-state index is 9.22. The lowest BCUT2D eigenvalue weighted by atomic mass is 9.96. The van der Waals surface area contributed by atoms with E-state index >= 15 is 0 Å². The standard InChI is InChI=1S/C51H34N4/c1-5-17-35(18-6-1)40-31-41(36-19-7-2-8-20-36)33-42(32-40)51-53-49(38-23-11-4-12-24-38)52-50(54-51)39-25-15-26-43(34-39)55-46-29-14-13-27-45(46)48-44(28-16-30-47(48)55)37-21-9-3-10-22-37/h1-34H/i3D,9D,10D,13D,14D,21D,22D,27D,29D. The summed E-state index contributed by atoms with van der Waals surface area (Å²) in [4.78, 5) is 15.2. The van der Waals surface area contributed by atoms with Crippen LogP contribution in [0.5, 0.6) is 0 Å². The molecule has 258 valence electrons. The Morgan fingerprint density at radius 2 is 0.891 bits per heavy atom. The molecule has 4 nitrogen and oxygen atoms in total. The lowest BCUT2D eigenvalue weighted by Gasteiger charge is -2.13. The van der Waals surface area contributed by atoms with Crippen LogP contribution in [0.4, 0.5) is 0 Å². The summed E-state index contributed by atoms with van der Waals surface area (Å²) in [7, 11) is 0. The molecule has 0 fully saturated rings. The van der Waals surface area contributed by atoms with E-state index in [1.165, 1.54) is 0 Å². The molecular weight excluding hydrogens is 669 g/mol. The second-order valence-corrected chi connectivity index (χ2v) is 13.0. The Bertz CT molecular complexity index is 3400. The molecule has 0 saturated carbocycles. The molecule has 2 heterocycles. The van der Waals surface area contributed by atoms with Gasteiger partial charge < -0.3 is 4.57 Å². The van der Waals surface area contributed by atoms with Crippen LogP contribution >= 0.6 is 0 Å². The van der Waals surface area contributed by atoms with Gasteiger partial charge in [-0.3, -0.25) is 0 Å². The van der Waals surface area contributed by atoms with Crippen molar-refractivity contribution < 1.29 is 12.3 Å². The Kier molecular flexibility index (Phi) is 6.04. The summed E-state index contributed by atoms with van der Waals surface area (Å²) in [6.07, 6.45) is 0. The van der Waals surface area contributed by atoms with Crippen LogP contribution in [0.15, 0.2) is 206 Å². The van der Waals surface area contributed by atoms with Crippen molar-refractivity contribution in [2.24, 2.45) is 0 Å². The summed E-state index contributed by atoms with van der Waals surface area (Å²) >= 11 is 0. The van der Waals surface area contributed by atoms with Gasteiger partial charge in [-0.05, 0) is 75.8 Å². The van der Waals surface area contributed by atoms with Gasteiger partial charge in [-0.15, -0.1) is 0 Å². The molecule has 55 heavy (non-hydrogen) atoms. The van der Waals surface area contributed by atoms with Gasteiger partial charge in [0.2, 0.25) is 0 Å². The zero-order chi connectivity index (χ0) is 44.4. The fourth-order valence-electron chi connectivity index (χ4n) is 7.11. The Hall–Kier alpha value is -7.43. The number of rotatable bonds is 7. The van der Waals surface area contributed by atoms with E-state index in [2.05, 4.69) is 42.5 Å². The van der Waals surface area contributed by atoms with Gasteiger partial charge in [0.15, 0.2) is 17.5 Å². The van der Waals surface area contributed by atoms with Crippen molar-refractivity contribution in [3.8, 4) is 73.2 Å². The maximum atomic E-state index is 9.22. The molecule has 8 aromatic carbocycles. The summed E-state index contributed by atoms with van der Waals surface area (Å²) in [6.45, 7) is 0. The minimum absolute atomic E-state index is 0.0743. The normalized spacial score (nSPS) is 13.6. The van der Waals surface area contributed by atoms with Gasteiger partial charge in [0, 0.05) is 33.2 Å². The van der Waals surface area contributed by atoms with E-state index in [0.29, 0.717) is 39.6 Å². The first-order valence-corrected chi connectivity index (χ1v) is 17.8. The first kappa shape index (κ1) is 24.0. The summed E-state index contributed by atoms with van der Waals surface area (Å²) in [5, 5.41) is 0.463. The van der Waals surface area contributed by atoms with Crippen LogP contribution in [0.1, 0.15) is 12.3 Å². The molecule has 4 heteroatoms. The molecular formula is C51H34N4. The molecule has 0 aliphatic carbocycles. The van der Waals surface area contributed by atoms with E-state index in [1.54, 1.807) is 22.8 Å². The van der Waals surface area contributed by atoms with Crippen molar-refractivity contribution in [1.82, 2.24) is 19.5 Å². The van der Waals surface area contributed by atoms with Gasteiger partial charge in [0.1, 0.15) is 0 Å². The topological polar surface area (TPSA) is 43.6 Å².